The molecule has 0 radical (unpaired) electrons. The largest absolute Gasteiger partial charge is 0.492 e. The van der Waals surface area contributed by atoms with Crippen LogP contribution in [0.25, 0.3) is 0 Å². The number of carboxylic acids is 1. The second kappa shape index (κ2) is 5.55. The van der Waals surface area contributed by atoms with E-state index in [0.29, 0.717) is 6.08 Å². The van der Waals surface area contributed by atoms with Crippen LogP contribution < -0.4 is 0 Å². The average Bonchev–Trinajstić information content (AvgIpc) is 2.88. The number of rotatable bonds is 6. The predicted molar refractivity (Wildman–Crippen MR) is 64.1 cm³/mol. The van der Waals surface area contributed by atoms with Crippen LogP contribution in [0, 0.1) is 17.3 Å². The van der Waals surface area contributed by atoms with Gasteiger partial charge in [-0.15, -0.1) is 0 Å². The molecule has 10 heteroatoms. The maximum Gasteiger partial charge on any atom is 0.460 e. The van der Waals surface area contributed by atoms with E-state index in [9.17, 15) is 35.5 Å². The molecule has 1 rings (SSSR count). The lowest BCUT2D eigenvalue weighted by atomic mass is 10.0. The summed E-state index contributed by atoms with van der Waals surface area (Å²) in [6.45, 7) is 3.29. The summed E-state index contributed by atoms with van der Waals surface area (Å²) >= 11 is 0. The van der Waals surface area contributed by atoms with E-state index in [1.54, 1.807) is 0 Å². The van der Waals surface area contributed by atoms with E-state index in [2.05, 4.69) is 4.74 Å². The molecule has 3 nitrogen and oxygen atoms in total. The Morgan fingerprint density at radius 3 is 1.96 bits per heavy atom. The standard InChI is InChI=1S/C13H15F7O3/c1-4-23-7(5-6-8(9(21)22)10(6,2)3)11(14,15)12(16,17)13(18,19)20/h5-6,8H,4H2,1-3H3,(H,21,22)/b7-5-. The van der Waals surface area contributed by atoms with Gasteiger partial charge in [0.05, 0.1) is 12.5 Å². The van der Waals surface area contributed by atoms with Crippen LogP contribution in [0.4, 0.5) is 30.7 Å². The van der Waals surface area contributed by atoms with E-state index in [1.165, 1.54) is 13.8 Å². The van der Waals surface area contributed by atoms with Gasteiger partial charge in [0.1, 0.15) is 0 Å². The van der Waals surface area contributed by atoms with Crippen LogP contribution in [0.3, 0.4) is 0 Å². The summed E-state index contributed by atoms with van der Waals surface area (Å²) in [5, 5.41) is 8.91. The van der Waals surface area contributed by atoms with E-state index in [0.717, 1.165) is 6.92 Å². The maximum absolute atomic E-state index is 13.7. The van der Waals surface area contributed by atoms with Gasteiger partial charge in [-0.1, -0.05) is 13.8 Å². The zero-order valence-electron chi connectivity index (χ0n) is 12.3. The minimum absolute atomic E-state index is 0.363. The normalized spacial score (nSPS) is 25.2. The Kier molecular flexibility index (Phi) is 4.72. The van der Waals surface area contributed by atoms with Gasteiger partial charge in [0.2, 0.25) is 0 Å². The summed E-state index contributed by atoms with van der Waals surface area (Å²) in [6.07, 6.45) is -6.13. The fourth-order valence-corrected chi connectivity index (χ4v) is 2.36. The number of alkyl halides is 7. The van der Waals surface area contributed by atoms with Crippen LogP contribution in [0.2, 0.25) is 0 Å². The highest BCUT2D eigenvalue weighted by atomic mass is 19.4. The molecule has 0 aromatic rings. The molecule has 0 aliphatic heterocycles. The SMILES string of the molecule is CCO/C(=C\C1C(C(=O)O)C1(C)C)C(F)(F)C(F)(F)C(F)(F)F. The van der Waals surface area contributed by atoms with Crippen molar-refractivity contribution in [2.75, 3.05) is 6.61 Å². The van der Waals surface area contributed by atoms with Gasteiger partial charge in [0, 0.05) is 5.92 Å². The zero-order valence-corrected chi connectivity index (χ0v) is 12.3. The van der Waals surface area contributed by atoms with E-state index in [1.807, 2.05) is 0 Å². The number of aliphatic carboxylic acids is 1. The number of hydrogen-bond donors (Lipinski definition) is 1. The Morgan fingerprint density at radius 1 is 1.17 bits per heavy atom. The van der Waals surface area contributed by atoms with Crippen molar-refractivity contribution in [3.8, 4) is 0 Å². The first-order valence-electron chi connectivity index (χ1n) is 6.52. The fraction of sp³-hybridized carbons (Fsp3) is 0.769. The first kappa shape index (κ1) is 19.6. The number of allylic oxidation sites excluding steroid dienone is 2. The first-order chi connectivity index (χ1) is 10.1. The number of hydrogen-bond acceptors (Lipinski definition) is 2. The molecule has 0 heterocycles. The lowest BCUT2D eigenvalue weighted by Gasteiger charge is -2.29. The average molecular weight is 352 g/mol. The highest BCUT2D eigenvalue weighted by molar-refractivity contribution is 5.76. The lowest BCUT2D eigenvalue weighted by Crippen LogP contribution is -2.53. The van der Waals surface area contributed by atoms with Crippen LogP contribution in [0.15, 0.2) is 11.8 Å². The molecule has 1 aliphatic carbocycles. The lowest BCUT2D eigenvalue weighted by molar-refractivity contribution is -0.350. The minimum atomic E-state index is -6.49. The van der Waals surface area contributed by atoms with Crippen molar-refractivity contribution in [2.45, 2.75) is 38.8 Å². The van der Waals surface area contributed by atoms with Crippen molar-refractivity contribution in [3.05, 3.63) is 11.8 Å². The summed E-state index contributed by atoms with van der Waals surface area (Å²) < 4.78 is 94.6. The minimum Gasteiger partial charge on any atom is -0.492 e. The molecule has 0 aromatic heterocycles. The van der Waals surface area contributed by atoms with Crippen LogP contribution in [0.5, 0.6) is 0 Å². The Balaban J connectivity index is 3.27. The van der Waals surface area contributed by atoms with Gasteiger partial charge >= 0.3 is 24.0 Å². The summed E-state index contributed by atoms with van der Waals surface area (Å²) in [7, 11) is 0. The van der Waals surface area contributed by atoms with E-state index in [4.69, 9.17) is 5.11 Å². The van der Waals surface area contributed by atoms with Gasteiger partial charge in [-0.3, -0.25) is 4.79 Å². The molecule has 1 saturated carbocycles. The third-order valence-electron chi connectivity index (χ3n) is 3.87. The zero-order chi connectivity index (χ0) is 18.4. The molecule has 2 unspecified atom stereocenters. The quantitative estimate of drug-likeness (QED) is 0.578. The van der Waals surface area contributed by atoms with Gasteiger partial charge in [-0.25, -0.2) is 0 Å². The molecule has 1 N–H and O–H groups in total. The fourth-order valence-electron chi connectivity index (χ4n) is 2.36. The molecule has 1 fully saturated rings. The molecule has 0 amide bonds. The summed E-state index contributed by atoms with van der Waals surface area (Å²) in [6, 6.07) is 0. The molecule has 23 heavy (non-hydrogen) atoms. The van der Waals surface area contributed by atoms with Gasteiger partial charge in [-0.2, -0.15) is 30.7 Å². The number of ether oxygens (including phenoxy) is 1. The molecule has 0 saturated heterocycles. The molecule has 0 bridgehead atoms. The Bertz CT molecular complexity index is 508. The molecule has 0 spiro atoms. The Hall–Kier alpha value is -1.48. The molecule has 134 valence electrons. The van der Waals surface area contributed by atoms with Gasteiger partial charge < -0.3 is 9.84 Å². The van der Waals surface area contributed by atoms with E-state index in [-0.39, 0.29) is 0 Å². The van der Waals surface area contributed by atoms with Gasteiger partial charge in [-0.05, 0) is 18.4 Å². The topological polar surface area (TPSA) is 46.5 Å². The van der Waals surface area contributed by atoms with Crippen LogP contribution in [-0.4, -0.2) is 35.7 Å². The van der Waals surface area contributed by atoms with Crippen LogP contribution in [-0.2, 0) is 9.53 Å². The molecule has 0 aromatic carbocycles. The third-order valence-corrected chi connectivity index (χ3v) is 3.87. The van der Waals surface area contributed by atoms with Crippen molar-refractivity contribution < 1.29 is 45.4 Å². The first-order valence-corrected chi connectivity index (χ1v) is 6.52. The molecular weight excluding hydrogens is 337 g/mol. The maximum atomic E-state index is 13.7. The van der Waals surface area contributed by atoms with E-state index < -0.39 is 53.6 Å². The number of carboxylic acid groups (broad SMARTS) is 1. The van der Waals surface area contributed by atoms with Crippen LogP contribution in [0.1, 0.15) is 20.8 Å². The van der Waals surface area contributed by atoms with Crippen LogP contribution >= 0.6 is 0 Å². The number of carbonyl (C=O) groups is 1. The van der Waals surface area contributed by atoms with Crippen molar-refractivity contribution >= 4 is 5.97 Å². The second-order valence-corrected chi connectivity index (χ2v) is 5.77. The highest BCUT2D eigenvalue weighted by Crippen LogP contribution is 2.60. The molecule has 1 aliphatic rings. The van der Waals surface area contributed by atoms with Crippen molar-refractivity contribution in [1.29, 1.82) is 0 Å². The van der Waals surface area contributed by atoms with Gasteiger partial charge in [0.15, 0.2) is 5.76 Å². The third kappa shape index (κ3) is 3.12. The Labute approximate surface area is 127 Å². The summed E-state index contributed by atoms with van der Waals surface area (Å²) in [5.41, 5.74) is -1.06. The van der Waals surface area contributed by atoms with Gasteiger partial charge in [0.25, 0.3) is 0 Å². The van der Waals surface area contributed by atoms with Crippen molar-refractivity contribution in [1.82, 2.24) is 0 Å². The molecular formula is C13H15F7O3. The van der Waals surface area contributed by atoms with E-state index >= 15 is 0 Å². The van der Waals surface area contributed by atoms with Crippen molar-refractivity contribution in [2.24, 2.45) is 17.3 Å². The summed E-state index contributed by atoms with van der Waals surface area (Å²) in [4.78, 5) is 10.9. The molecule has 2 atom stereocenters. The second-order valence-electron chi connectivity index (χ2n) is 5.77. The summed E-state index contributed by atoms with van der Waals surface area (Å²) in [5.74, 6) is -17.5. The number of halogens is 7. The smallest absolute Gasteiger partial charge is 0.460 e. The highest BCUT2D eigenvalue weighted by Gasteiger charge is 2.75. The predicted octanol–water partition coefficient (Wildman–Crippen LogP) is 4.10. The Morgan fingerprint density at radius 2 is 1.65 bits per heavy atom. The van der Waals surface area contributed by atoms with Crippen molar-refractivity contribution in [3.63, 3.8) is 0 Å². The monoisotopic (exact) mass is 352 g/mol.